The Labute approximate surface area is 184 Å². The summed E-state index contributed by atoms with van der Waals surface area (Å²) in [6.07, 6.45) is 19.3. The molecule has 4 aliphatic rings. The van der Waals surface area contributed by atoms with Crippen LogP contribution in [0.15, 0.2) is 23.3 Å². The van der Waals surface area contributed by atoms with E-state index in [0.717, 1.165) is 50.6 Å². The van der Waals surface area contributed by atoms with E-state index in [1.165, 1.54) is 56.9 Å². The number of rotatable bonds is 5. The van der Waals surface area contributed by atoms with Gasteiger partial charge < -0.3 is 10.2 Å². The standard InChI is InChI=1S/C27H45NO2/c1-26(2,30)25-10-6-17-28(25)18-15-22-13-14-24-21(8-5-16-27(22,24)3)12-11-20-7-4-9-23(29)19-20/h11-12,22-25,29-30H,4-10,13-19H2,1-3H3/b20-11-,21-12+/t22-,23+,24?,25?,27?/m1/s1. The van der Waals surface area contributed by atoms with Crippen LogP contribution in [0.25, 0.3) is 0 Å². The van der Waals surface area contributed by atoms with E-state index in [-0.39, 0.29) is 6.10 Å². The molecule has 0 spiro atoms. The van der Waals surface area contributed by atoms with Crippen LogP contribution in [0.2, 0.25) is 0 Å². The molecule has 3 heteroatoms. The molecule has 2 N–H and O–H groups in total. The Bertz CT molecular complexity index is 660. The second kappa shape index (κ2) is 9.08. The monoisotopic (exact) mass is 415 g/mol. The summed E-state index contributed by atoms with van der Waals surface area (Å²) in [6.45, 7) is 8.87. The van der Waals surface area contributed by atoms with Gasteiger partial charge in [-0.05, 0) is 121 Å². The molecule has 3 saturated carbocycles. The molecule has 5 atom stereocenters. The Morgan fingerprint density at radius 3 is 2.67 bits per heavy atom. The number of allylic oxidation sites excluding steroid dienone is 3. The van der Waals surface area contributed by atoms with Crippen LogP contribution in [-0.2, 0) is 0 Å². The molecule has 0 radical (unpaired) electrons. The molecule has 0 aromatic carbocycles. The predicted octanol–water partition coefficient (Wildman–Crippen LogP) is 5.62. The van der Waals surface area contributed by atoms with Gasteiger partial charge in [-0.3, -0.25) is 4.90 Å². The fourth-order valence-corrected chi connectivity index (χ4v) is 7.48. The number of fused-ring (bicyclic) bond motifs is 1. The molecule has 1 heterocycles. The third kappa shape index (κ3) is 4.74. The minimum absolute atomic E-state index is 0.116. The Hall–Kier alpha value is -0.640. The van der Waals surface area contributed by atoms with Gasteiger partial charge in [0.05, 0.1) is 11.7 Å². The molecule has 4 fully saturated rings. The van der Waals surface area contributed by atoms with Crippen molar-refractivity contribution in [2.24, 2.45) is 17.3 Å². The van der Waals surface area contributed by atoms with Crippen molar-refractivity contribution in [2.75, 3.05) is 13.1 Å². The zero-order chi connectivity index (χ0) is 21.4. The highest BCUT2D eigenvalue weighted by molar-refractivity contribution is 5.25. The van der Waals surface area contributed by atoms with Crippen molar-refractivity contribution in [2.45, 2.75) is 116 Å². The average molecular weight is 416 g/mol. The summed E-state index contributed by atoms with van der Waals surface area (Å²) in [7, 11) is 0. The van der Waals surface area contributed by atoms with Gasteiger partial charge in [0.25, 0.3) is 0 Å². The van der Waals surface area contributed by atoms with Crippen molar-refractivity contribution in [1.82, 2.24) is 4.90 Å². The van der Waals surface area contributed by atoms with E-state index in [1.54, 1.807) is 5.57 Å². The summed E-state index contributed by atoms with van der Waals surface area (Å²) in [5, 5.41) is 20.5. The molecule has 0 bridgehead atoms. The Morgan fingerprint density at radius 1 is 1.07 bits per heavy atom. The molecule has 0 amide bonds. The molecule has 30 heavy (non-hydrogen) atoms. The number of nitrogens with zero attached hydrogens (tertiary/aromatic N) is 1. The van der Waals surface area contributed by atoms with Crippen molar-refractivity contribution < 1.29 is 10.2 Å². The number of aliphatic hydroxyl groups is 2. The predicted molar refractivity (Wildman–Crippen MR) is 124 cm³/mol. The van der Waals surface area contributed by atoms with Gasteiger partial charge in [-0.2, -0.15) is 0 Å². The van der Waals surface area contributed by atoms with Gasteiger partial charge in [0.15, 0.2) is 0 Å². The Morgan fingerprint density at radius 2 is 1.90 bits per heavy atom. The maximum atomic E-state index is 10.6. The molecule has 3 unspecified atom stereocenters. The number of likely N-dealkylation sites (tertiary alicyclic amines) is 1. The molecule has 3 aliphatic carbocycles. The van der Waals surface area contributed by atoms with E-state index >= 15 is 0 Å². The molecule has 3 nitrogen and oxygen atoms in total. The first-order chi connectivity index (χ1) is 14.3. The van der Waals surface area contributed by atoms with Crippen LogP contribution in [0.1, 0.15) is 97.8 Å². The average Bonchev–Trinajstić information content (AvgIpc) is 3.29. The molecule has 170 valence electrons. The fourth-order valence-electron chi connectivity index (χ4n) is 7.48. The van der Waals surface area contributed by atoms with E-state index in [0.29, 0.717) is 11.5 Å². The highest BCUT2D eigenvalue weighted by Crippen LogP contribution is 2.58. The van der Waals surface area contributed by atoms with Gasteiger partial charge in [-0.25, -0.2) is 0 Å². The van der Waals surface area contributed by atoms with Gasteiger partial charge in [0.1, 0.15) is 0 Å². The lowest BCUT2D eigenvalue weighted by Crippen LogP contribution is -2.46. The van der Waals surface area contributed by atoms with Crippen LogP contribution in [0.4, 0.5) is 0 Å². The SMILES string of the molecule is CC(C)(O)C1CCCN1CC[C@H]1CCC2/C(=C/C=C3/CCC[C@H](O)C3)CCCC21C. The first-order valence-electron chi connectivity index (χ1n) is 12.8. The molecule has 0 aromatic rings. The van der Waals surface area contributed by atoms with Crippen molar-refractivity contribution >= 4 is 0 Å². The maximum absolute atomic E-state index is 10.6. The minimum atomic E-state index is -0.584. The second-order valence-corrected chi connectivity index (χ2v) is 11.6. The highest BCUT2D eigenvalue weighted by atomic mass is 16.3. The normalized spacial score (nSPS) is 41.0. The van der Waals surface area contributed by atoms with Crippen LogP contribution in [0.5, 0.6) is 0 Å². The lowest BCUT2D eigenvalue weighted by Gasteiger charge is -2.43. The maximum Gasteiger partial charge on any atom is 0.0746 e. The first-order valence-corrected chi connectivity index (χ1v) is 12.8. The van der Waals surface area contributed by atoms with E-state index in [9.17, 15) is 10.2 Å². The van der Waals surface area contributed by atoms with Gasteiger partial charge >= 0.3 is 0 Å². The molecule has 4 rings (SSSR count). The topological polar surface area (TPSA) is 43.7 Å². The Kier molecular flexibility index (Phi) is 6.82. The smallest absolute Gasteiger partial charge is 0.0746 e. The number of aliphatic hydroxyl groups excluding tert-OH is 1. The highest BCUT2D eigenvalue weighted by Gasteiger charge is 2.49. The summed E-state index contributed by atoms with van der Waals surface area (Å²) in [6, 6.07) is 0.335. The van der Waals surface area contributed by atoms with Crippen LogP contribution >= 0.6 is 0 Å². The van der Waals surface area contributed by atoms with E-state index in [1.807, 2.05) is 13.8 Å². The van der Waals surface area contributed by atoms with Crippen molar-refractivity contribution in [3.05, 3.63) is 23.3 Å². The van der Waals surface area contributed by atoms with Crippen molar-refractivity contribution in [3.63, 3.8) is 0 Å². The quantitative estimate of drug-likeness (QED) is 0.613. The third-order valence-electron chi connectivity index (χ3n) is 9.17. The zero-order valence-corrected chi connectivity index (χ0v) is 19.7. The molecular formula is C27H45NO2. The van der Waals surface area contributed by atoms with Gasteiger partial charge in [-0.15, -0.1) is 0 Å². The second-order valence-electron chi connectivity index (χ2n) is 11.6. The van der Waals surface area contributed by atoms with Crippen molar-refractivity contribution in [1.29, 1.82) is 0 Å². The van der Waals surface area contributed by atoms with Gasteiger partial charge in [0.2, 0.25) is 0 Å². The summed E-state index contributed by atoms with van der Waals surface area (Å²) in [5.41, 5.74) is 3.02. The largest absolute Gasteiger partial charge is 0.393 e. The first kappa shape index (κ1) is 22.6. The van der Waals surface area contributed by atoms with E-state index < -0.39 is 5.60 Å². The third-order valence-corrected chi connectivity index (χ3v) is 9.17. The van der Waals surface area contributed by atoms with E-state index in [4.69, 9.17) is 0 Å². The van der Waals surface area contributed by atoms with Crippen LogP contribution < -0.4 is 0 Å². The number of hydrogen-bond acceptors (Lipinski definition) is 3. The molecule has 0 aromatic heterocycles. The van der Waals surface area contributed by atoms with Crippen LogP contribution in [0, 0.1) is 17.3 Å². The summed E-state index contributed by atoms with van der Waals surface area (Å²) in [5.74, 6) is 1.57. The van der Waals surface area contributed by atoms with Gasteiger partial charge in [0, 0.05) is 6.04 Å². The molecule has 1 aliphatic heterocycles. The zero-order valence-electron chi connectivity index (χ0n) is 19.7. The lowest BCUT2D eigenvalue weighted by atomic mass is 9.63. The molecular weight excluding hydrogens is 370 g/mol. The van der Waals surface area contributed by atoms with Crippen molar-refractivity contribution in [3.8, 4) is 0 Å². The number of hydrogen-bond donors (Lipinski definition) is 2. The van der Waals surface area contributed by atoms with Gasteiger partial charge in [-0.1, -0.05) is 30.2 Å². The lowest BCUT2D eigenvalue weighted by molar-refractivity contribution is -0.00620. The van der Waals surface area contributed by atoms with Crippen LogP contribution in [-0.4, -0.2) is 45.9 Å². The van der Waals surface area contributed by atoms with Crippen LogP contribution in [0.3, 0.4) is 0 Å². The summed E-state index contributed by atoms with van der Waals surface area (Å²) < 4.78 is 0. The summed E-state index contributed by atoms with van der Waals surface area (Å²) >= 11 is 0. The molecule has 1 saturated heterocycles. The minimum Gasteiger partial charge on any atom is -0.393 e. The Balaban J connectivity index is 1.40. The fraction of sp³-hybridized carbons (Fsp3) is 0.852. The summed E-state index contributed by atoms with van der Waals surface area (Å²) in [4.78, 5) is 2.58. The van der Waals surface area contributed by atoms with E-state index in [2.05, 4.69) is 24.0 Å².